The number of imidazole rings is 1. The standard InChI is InChI=1S/C31H30ClN7OS/c1-3-38-12-14-39(15-13-38)20-24-6-8-28(40-24)21-4-7-25-27(16-21)35-19-22(18-33)30(25)36-23-5-9-29(26(32)17-23)41-31-34-10-11-37(31)2/h4-11,16-17,19H,3,12-15,20H2,1-2H3,(H,35,36). The predicted molar refractivity (Wildman–Crippen MR) is 164 cm³/mol. The van der Waals surface area contributed by atoms with Crippen molar-refractivity contribution >= 4 is 45.6 Å². The van der Waals surface area contributed by atoms with Crippen molar-refractivity contribution in [3.8, 4) is 17.4 Å². The van der Waals surface area contributed by atoms with Crippen LogP contribution in [0.5, 0.6) is 0 Å². The number of furan rings is 1. The fourth-order valence-corrected chi connectivity index (χ4v) is 6.13. The number of nitriles is 1. The summed E-state index contributed by atoms with van der Waals surface area (Å²) in [5.74, 6) is 1.77. The number of pyridine rings is 1. The Morgan fingerprint density at radius 2 is 1.88 bits per heavy atom. The Hall–Kier alpha value is -3.81. The topological polar surface area (TPSA) is 86.1 Å². The highest BCUT2D eigenvalue weighted by molar-refractivity contribution is 7.99. The number of rotatable bonds is 8. The van der Waals surface area contributed by atoms with Crippen LogP contribution in [0.4, 0.5) is 11.4 Å². The highest BCUT2D eigenvalue weighted by Crippen LogP contribution is 2.37. The fourth-order valence-electron chi connectivity index (χ4n) is 5.02. The van der Waals surface area contributed by atoms with E-state index in [-0.39, 0.29) is 0 Å². The Morgan fingerprint density at radius 1 is 1.05 bits per heavy atom. The highest BCUT2D eigenvalue weighted by atomic mass is 35.5. The molecular weight excluding hydrogens is 554 g/mol. The van der Waals surface area contributed by atoms with E-state index in [2.05, 4.69) is 44.1 Å². The monoisotopic (exact) mass is 583 g/mol. The third-order valence-corrected chi connectivity index (χ3v) is 8.98. The number of hydrogen-bond acceptors (Lipinski definition) is 8. The van der Waals surface area contributed by atoms with Crippen molar-refractivity contribution in [2.45, 2.75) is 23.5 Å². The zero-order valence-corrected chi connectivity index (χ0v) is 24.5. The molecule has 3 aromatic heterocycles. The van der Waals surface area contributed by atoms with Crippen molar-refractivity contribution in [3.05, 3.63) is 83.5 Å². The number of piperazine rings is 1. The average Bonchev–Trinajstić information content (AvgIpc) is 3.63. The van der Waals surface area contributed by atoms with Crippen LogP contribution in [0.1, 0.15) is 18.2 Å². The molecule has 0 aliphatic carbocycles. The van der Waals surface area contributed by atoms with Gasteiger partial charge in [0.1, 0.15) is 17.6 Å². The summed E-state index contributed by atoms with van der Waals surface area (Å²) in [4.78, 5) is 14.8. The molecule has 4 heterocycles. The maximum Gasteiger partial charge on any atom is 0.172 e. The molecule has 41 heavy (non-hydrogen) atoms. The summed E-state index contributed by atoms with van der Waals surface area (Å²) in [6.45, 7) is 8.43. The van der Waals surface area contributed by atoms with E-state index >= 15 is 0 Å². The van der Waals surface area contributed by atoms with Gasteiger partial charge in [0, 0.05) is 73.3 Å². The minimum Gasteiger partial charge on any atom is -0.460 e. The SMILES string of the molecule is CCN1CCN(Cc2ccc(-c3ccc4c(Nc5ccc(Sc6nccn6C)c(Cl)c5)c(C#N)cnc4c3)o2)CC1. The normalized spacial score (nSPS) is 14.4. The van der Waals surface area contributed by atoms with Crippen molar-refractivity contribution in [1.29, 1.82) is 5.26 Å². The van der Waals surface area contributed by atoms with Crippen LogP contribution < -0.4 is 5.32 Å². The Morgan fingerprint density at radius 3 is 2.61 bits per heavy atom. The number of hydrogen-bond donors (Lipinski definition) is 1. The number of benzene rings is 2. The van der Waals surface area contributed by atoms with Gasteiger partial charge in [-0.3, -0.25) is 9.88 Å². The van der Waals surface area contributed by atoms with E-state index in [1.807, 2.05) is 60.3 Å². The van der Waals surface area contributed by atoms with Crippen molar-refractivity contribution in [2.75, 3.05) is 38.0 Å². The van der Waals surface area contributed by atoms with Crippen molar-refractivity contribution in [2.24, 2.45) is 7.05 Å². The molecule has 1 aliphatic rings. The number of halogens is 1. The Balaban J connectivity index is 1.22. The molecular formula is C31H30ClN7OS. The van der Waals surface area contributed by atoms with Crippen LogP contribution in [0.3, 0.4) is 0 Å². The van der Waals surface area contributed by atoms with Crippen molar-refractivity contribution in [3.63, 3.8) is 0 Å². The molecule has 208 valence electrons. The van der Waals surface area contributed by atoms with E-state index in [1.165, 1.54) is 11.8 Å². The Bertz CT molecular complexity index is 1730. The second kappa shape index (κ2) is 12.0. The minimum absolute atomic E-state index is 0.455. The van der Waals surface area contributed by atoms with Gasteiger partial charge in [-0.15, -0.1) is 0 Å². The zero-order chi connectivity index (χ0) is 28.3. The molecule has 1 aliphatic heterocycles. The Kier molecular flexibility index (Phi) is 7.99. The number of aromatic nitrogens is 3. The van der Waals surface area contributed by atoms with E-state index in [1.54, 1.807) is 12.4 Å². The zero-order valence-electron chi connectivity index (χ0n) is 23.0. The summed E-state index contributed by atoms with van der Waals surface area (Å²) < 4.78 is 8.19. The van der Waals surface area contributed by atoms with Gasteiger partial charge in [0.05, 0.1) is 28.3 Å². The van der Waals surface area contributed by atoms with Gasteiger partial charge >= 0.3 is 0 Å². The summed E-state index contributed by atoms with van der Waals surface area (Å²) in [7, 11) is 1.95. The van der Waals surface area contributed by atoms with Crippen LogP contribution in [0.25, 0.3) is 22.2 Å². The van der Waals surface area contributed by atoms with Gasteiger partial charge in [0.15, 0.2) is 5.16 Å². The smallest absolute Gasteiger partial charge is 0.172 e. The van der Waals surface area contributed by atoms with Crippen molar-refractivity contribution < 1.29 is 4.42 Å². The number of aryl methyl sites for hydroxylation is 1. The summed E-state index contributed by atoms with van der Waals surface area (Å²) >= 11 is 8.13. The summed E-state index contributed by atoms with van der Waals surface area (Å²) in [6, 6.07) is 18.1. The third-order valence-electron chi connectivity index (χ3n) is 7.41. The van der Waals surface area contributed by atoms with Crippen LogP contribution in [0.2, 0.25) is 5.02 Å². The molecule has 0 unspecified atom stereocenters. The first kappa shape index (κ1) is 27.4. The molecule has 0 atom stereocenters. The molecule has 2 aromatic carbocycles. The molecule has 0 saturated carbocycles. The first-order valence-corrected chi connectivity index (χ1v) is 14.8. The van der Waals surface area contributed by atoms with E-state index in [0.717, 1.165) is 83.0 Å². The largest absolute Gasteiger partial charge is 0.460 e. The number of nitrogens with zero attached hydrogens (tertiary/aromatic N) is 6. The average molecular weight is 584 g/mol. The van der Waals surface area contributed by atoms with E-state index < -0.39 is 0 Å². The first-order valence-electron chi connectivity index (χ1n) is 13.6. The third kappa shape index (κ3) is 5.97. The van der Waals surface area contributed by atoms with Crippen LogP contribution >= 0.6 is 23.4 Å². The predicted octanol–water partition coefficient (Wildman–Crippen LogP) is 6.79. The van der Waals surface area contributed by atoms with E-state index in [4.69, 9.17) is 16.0 Å². The lowest BCUT2D eigenvalue weighted by Gasteiger charge is -2.33. The second-order valence-corrected chi connectivity index (χ2v) is 11.5. The van der Waals surface area contributed by atoms with Crippen LogP contribution in [-0.4, -0.2) is 57.1 Å². The van der Waals surface area contributed by atoms with Crippen LogP contribution in [0.15, 0.2) is 81.6 Å². The fraction of sp³-hybridized carbons (Fsp3) is 0.258. The maximum atomic E-state index is 9.83. The molecule has 5 aromatic rings. The number of anilines is 2. The lowest BCUT2D eigenvalue weighted by Crippen LogP contribution is -2.45. The molecule has 0 spiro atoms. The van der Waals surface area contributed by atoms with Gasteiger partial charge in [-0.25, -0.2) is 4.98 Å². The van der Waals surface area contributed by atoms with Gasteiger partial charge in [-0.1, -0.05) is 36.4 Å². The summed E-state index contributed by atoms with van der Waals surface area (Å²) in [6.07, 6.45) is 5.26. The molecule has 0 bridgehead atoms. The quantitative estimate of drug-likeness (QED) is 0.214. The molecule has 10 heteroatoms. The number of fused-ring (bicyclic) bond motifs is 1. The molecule has 1 fully saturated rings. The highest BCUT2D eigenvalue weighted by Gasteiger charge is 2.18. The molecule has 1 N–H and O–H groups in total. The van der Waals surface area contributed by atoms with E-state index in [9.17, 15) is 5.26 Å². The lowest BCUT2D eigenvalue weighted by atomic mass is 10.1. The molecule has 0 amide bonds. The summed E-state index contributed by atoms with van der Waals surface area (Å²) in [5, 5.41) is 15.5. The van der Waals surface area contributed by atoms with Gasteiger partial charge in [-0.2, -0.15) is 5.26 Å². The van der Waals surface area contributed by atoms with Gasteiger partial charge < -0.3 is 19.2 Å². The Labute approximate surface area is 248 Å². The summed E-state index contributed by atoms with van der Waals surface area (Å²) in [5.41, 5.74) is 3.64. The minimum atomic E-state index is 0.455. The second-order valence-electron chi connectivity index (χ2n) is 10.1. The van der Waals surface area contributed by atoms with Gasteiger partial charge in [-0.05, 0) is 49.0 Å². The van der Waals surface area contributed by atoms with Crippen LogP contribution in [-0.2, 0) is 13.6 Å². The first-order chi connectivity index (χ1) is 20.0. The molecule has 8 nitrogen and oxygen atoms in total. The van der Waals surface area contributed by atoms with Gasteiger partial charge in [0.25, 0.3) is 0 Å². The van der Waals surface area contributed by atoms with E-state index in [0.29, 0.717) is 16.3 Å². The lowest BCUT2D eigenvalue weighted by molar-refractivity contribution is 0.125. The van der Waals surface area contributed by atoms with Gasteiger partial charge in [0.2, 0.25) is 0 Å². The van der Waals surface area contributed by atoms with Crippen molar-refractivity contribution in [1.82, 2.24) is 24.3 Å². The molecule has 1 saturated heterocycles. The molecule has 0 radical (unpaired) electrons. The number of nitrogens with one attached hydrogen (secondary N) is 1. The van der Waals surface area contributed by atoms with Crippen LogP contribution in [0, 0.1) is 11.3 Å². The number of likely N-dealkylation sites (N-methyl/N-ethyl adjacent to an activating group) is 1. The molecule has 6 rings (SSSR count). The maximum absolute atomic E-state index is 9.83.